The number of nitrogens with zero attached hydrogens (tertiary/aromatic N) is 8. The first-order valence-corrected chi connectivity index (χ1v) is 10.2. The quantitative estimate of drug-likeness (QED) is 0.528. The van der Waals surface area contributed by atoms with E-state index in [9.17, 15) is 0 Å². The summed E-state index contributed by atoms with van der Waals surface area (Å²) in [5.74, 6) is 0.943. The fourth-order valence-electron chi connectivity index (χ4n) is 3.47. The predicted octanol–water partition coefficient (Wildman–Crippen LogP) is 2.56. The Labute approximate surface area is 166 Å². The molecule has 0 amide bonds. The van der Waals surface area contributed by atoms with Crippen LogP contribution in [0.25, 0.3) is 16.7 Å². The Morgan fingerprint density at radius 1 is 0.964 bits per heavy atom. The van der Waals surface area contributed by atoms with Crippen LogP contribution in [0, 0.1) is 0 Å². The van der Waals surface area contributed by atoms with Gasteiger partial charge >= 0.3 is 0 Å². The van der Waals surface area contributed by atoms with E-state index in [1.807, 2.05) is 41.2 Å². The third-order valence-electron chi connectivity index (χ3n) is 4.95. The lowest BCUT2D eigenvalue weighted by atomic mass is 10.3. The number of aromatic nitrogens is 6. The molecule has 3 aromatic heterocycles. The zero-order chi connectivity index (χ0) is 18.9. The molecule has 0 saturated carbocycles. The molecule has 9 heteroatoms. The minimum absolute atomic E-state index is 0.829. The first kappa shape index (κ1) is 17.1. The summed E-state index contributed by atoms with van der Waals surface area (Å²) >= 11 is 1.69. The molecule has 0 aliphatic carbocycles. The van der Waals surface area contributed by atoms with Gasteiger partial charge in [0.2, 0.25) is 5.13 Å². The first-order chi connectivity index (χ1) is 13.8. The van der Waals surface area contributed by atoms with Crippen molar-refractivity contribution in [3.05, 3.63) is 47.9 Å². The van der Waals surface area contributed by atoms with Gasteiger partial charge in [-0.1, -0.05) is 36.5 Å². The Kier molecular flexibility index (Phi) is 4.36. The number of aryl methyl sites for hydroxylation is 1. The van der Waals surface area contributed by atoms with Crippen LogP contribution in [-0.4, -0.2) is 56.1 Å². The molecule has 0 N–H and O–H groups in total. The molecule has 142 valence electrons. The number of fused-ring (bicyclic) bond motifs is 1. The molecular weight excluding hydrogens is 372 g/mol. The second-order valence-corrected chi connectivity index (χ2v) is 7.67. The van der Waals surface area contributed by atoms with Crippen molar-refractivity contribution < 1.29 is 0 Å². The summed E-state index contributed by atoms with van der Waals surface area (Å²) in [7, 11) is 0. The normalized spacial score (nSPS) is 14.8. The Bertz CT molecular complexity index is 1080. The summed E-state index contributed by atoms with van der Waals surface area (Å²) in [4.78, 5) is 13.7. The number of rotatable bonds is 4. The van der Waals surface area contributed by atoms with Gasteiger partial charge in [0, 0.05) is 26.2 Å². The van der Waals surface area contributed by atoms with Gasteiger partial charge in [0.05, 0.1) is 17.3 Å². The van der Waals surface area contributed by atoms with E-state index >= 15 is 0 Å². The van der Waals surface area contributed by atoms with E-state index in [0.29, 0.717) is 0 Å². The highest BCUT2D eigenvalue weighted by Gasteiger charge is 2.23. The zero-order valence-corrected chi connectivity index (χ0v) is 16.4. The van der Waals surface area contributed by atoms with Gasteiger partial charge in [0.15, 0.2) is 5.65 Å². The van der Waals surface area contributed by atoms with Gasteiger partial charge in [-0.3, -0.25) is 0 Å². The van der Waals surface area contributed by atoms with E-state index in [4.69, 9.17) is 0 Å². The summed E-state index contributed by atoms with van der Waals surface area (Å²) in [6.45, 7) is 5.67. The monoisotopic (exact) mass is 392 g/mol. The van der Waals surface area contributed by atoms with Crippen molar-refractivity contribution in [3.8, 4) is 5.69 Å². The van der Waals surface area contributed by atoms with Crippen molar-refractivity contribution in [3.63, 3.8) is 0 Å². The average molecular weight is 392 g/mol. The maximum atomic E-state index is 4.57. The van der Waals surface area contributed by atoms with Crippen molar-refractivity contribution in [2.75, 3.05) is 36.0 Å². The molecule has 0 atom stereocenters. The maximum Gasteiger partial charge on any atom is 0.208 e. The van der Waals surface area contributed by atoms with Crippen molar-refractivity contribution in [2.45, 2.75) is 13.3 Å². The molecule has 0 radical (unpaired) electrons. The standard InChI is InChI=1S/C19H20N8S/c1-2-16-23-24-19(28-16)26-10-8-25(9-11-26)17-15-12-22-27(18(15)21-13-20-17)14-6-4-3-5-7-14/h3-7,12-13H,2,8-11H2,1H3. The topological polar surface area (TPSA) is 75.9 Å². The molecule has 1 aliphatic heterocycles. The minimum Gasteiger partial charge on any atom is -0.352 e. The van der Waals surface area contributed by atoms with Crippen LogP contribution in [0.3, 0.4) is 0 Å². The number of piperazine rings is 1. The van der Waals surface area contributed by atoms with Crippen LogP contribution in [0.2, 0.25) is 0 Å². The minimum atomic E-state index is 0.829. The van der Waals surface area contributed by atoms with Crippen LogP contribution >= 0.6 is 11.3 Å². The molecule has 8 nitrogen and oxygen atoms in total. The second-order valence-electron chi connectivity index (χ2n) is 6.63. The molecule has 1 aromatic carbocycles. The number of hydrogen-bond acceptors (Lipinski definition) is 8. The van der Waals surface area contributed by atoms with Crippen molar-refractivity contribution >= 4 is 33.3 Å². The Hall–Kier alpha value is -3.07. The highest BCUT2D eigenvalue weighted by molar-refractivity contribution is 7.15. The summed E-state index contributed by atoms with van der Waals surface area (Å²) in [6.07, 6.45) is 4.42. The third kappa shape index (κ3) is 2.97. The summed E-state index contributed by atoms with van der Waals surface area (Å²) in [5.41, 5.74) is 1.82. The second kappa shape index (κ2) is 7.16. The average Bonchev–Trinajstić information content (AvgIpc) is 3.41. The van der Waals surface area contributed by atoms with Gasteiger partial charge in [-0.15, -0.1) is 10.2 Å². The molecule has 4 heterocycles. The zero-order valence-electron chi connectivity index (χ0n) is 15.6. The van der Waals surface area contributed by atoms with E-state index in [0.717, 1.165) is 65.3 Å². The first-order valence-electron chi connectivity index (χ1n) is 9.40. The number of para-hydroxylation sites is 1. The van der Waals surface area contributed by atoms with Gasteiger partial charge in [-0.05, 0) is 18.6 Å². The van der Waals surface area contributed by atoms with Crippen LogP contribution < -0.4 is 9.80 Å². The number of benzene rings is 1. The molecule has 5 rings (SSSR count). The molecule has 1 fully saturated rings. The molecular formula is C19H20N8S. The Balaban J connectivity index is 1.39. The lowest BCUT2D eigenvalue weighted by molar-refractivity contribution is 0.645. The highest BCUT2D eigenvalue weighted by atomic mass is 32.1. The van der Waals surface area contributed by atoms with Crippen LogP contribution in [0.15, 0.2) is 42.9 Å². The van der Waals surface area contributed by atoms with Crippen LogP contribution in [-0.2, 0) is 6.42 Å². The highest BCUT2D eigenvalue weighted by Crippen LogP contribution is 2.27. The van der Waals surface area contributed by atoms with Gasteiger partial charge in [0.1, 0.15) is 17.2 Å². The van der Waals surface area contributed by atoms with Gasteiger partial charge < -0.3 is 9.80 Å². The lowest BCUT2D eigenvalue weighted by Gasteiger charge is -2.35. The van der Waals surface area contributed by atoms with Crippen molar-refractivity contribution in [1.29, 1.82) is 0 Å². The van der Waals surface area contributed by atoms with E-state index < -0.39 is 0 Å². The maximum absolute atomic E-state index is 4.57. The molecule has 28 heavy (non-hydrogen) atoms. The largest absolute Gasteiger partial charge is 0.352 e. The molecule has 1 aliphatic rings. The third-order valence-corrected chi connectivity index (χ3v) is 6.08. The lowest BCUT2D eigenvalue weighted by Crippen LogP contribution is -2.46. The molecule has 0 bridgehead atoms. The molecule has 0 unspecified atom stereocenters. The summed E-state index contributed by atoms with van der Waals surface area (Å²) in [5, 5.41) is 16.2. The fraction of sp³-hybridized carbons (Fsp3) is 0.316. The number of hydrogen-bond donors (Lipinski definition) is 0. The van der Waals surface area contributed by atoms with Crippen LogP contribution in [0.4, 0.5) is 10.9 Å². The van der Waals surface area contributed by atoms with E-state index in [1.165, 1.54) is 0 Å². The molecule has 4 aromatic rings. The Morgan fingerprint density at radius 2 is 1.75 bits per heavy atom. The van der Waals surface area contributed by atoms with Gasteiger partial charge in [0.25, 0.3) is 0 Å². The van der Waals surface area contributed by atoms with E-state index in [2.05, 4.69) is 42.0 Å². The van der Waals surface area contributed by atoms with Crippen molar-refractivity contribution in [1.82, 2.24) is 29.9 Å². The van der Waals surface area contributed by atoms with Crippen LogP contribution in [0.5, 0.6) is 0 Å². The smallest absolute Gasteiger partial charge is 0.208 e. The van der Waals surface area contributed by atoms with Gasteiger partial charge in [-0.2, -0.15) is 5.10 Å². The predicted molar refractivity (Wildman–Crippen MR) is 110 cm³/mol. The van der Waals surface area contributed by atoms with Gasteiger partial charge in [-0.25, -0.2) is 14.6 Å². The van der Waals surface area contributed by atoms with Crippen LogP contribution in [0.1, 0.15) is 11.9 Å². The van der Waals surface area contributed by atoms with Crippen molar-refractivity contribution in [2.24, 2.45) is 0 Å². The summed E-state index contributed by atoms with van der Waals surface area (Å²) in [6, 6.07) is 10.1. The fourth-order valence-corrected chi connectivity index (χ4v) is 4.30. The SMILES string of the molecule is CCc1nnc(N2CCN(c3ncnc4c3cnn4-c3ccccc3)CC2)s1. The van der Waals surface area contributed by atoms with E-state index in [1.54, 1.807) is 17.7 Å². The molecule has 1 saturated heterocycles. The van der Waals surface area contributed by atoms with E-state index in [-0.39, 0.29) is 0 Å². The molecule has 0 spiro atoms. The Morgan fingerprint density at radius 3 is 2.50 bits per heavy atom. The summed E-state index contributed by atoms with van der Waals surface area (Å²) < 4.78 is 1.87. The number of anilines is 2.